The SMILES string of the molecule is CN(C(=O)NCc1cccc(Cl)c1)[C@@H]1CCCN(c2cccnn2)C1. The Hall–Kier alpha value is -2.34. The van der Waals surface area contributed by atoms with Crippen molar-refractivity contribution >= 4 is 23.4 Å². The van der Waals surface area contributed by atoms with E-state index in [9.17, 15) is 4.79 Å². The fourth-order valence-electron chi connectivity index (χ4n) is 3.06. The average molecular weight is 360 g/mol. The van der Waals surface area contributed by atoms with Gasteiger partial charge in [0.05, 0.1) is 6.04 Å². The van der Waals surface area contributed by atoms with Gasteiger partial charge in [-0.3, -0.25) is 0 Å². The molecule has 1 aromatic heterocycles. The molecule has 0 radical (unpaired) electrons. The number of hydrogen-bond acceptors (Lipinski definition) is 4. The molecule has 7 heteroatoms. The number of benzene rings is 1. The second-order valence-corrected chi connectivity index (χ2v) is 6.66. The van der Waals surface area contributed by atoms with Gasteiger partial charge in [-0.25, -0.2) is 4.79 Å². The Morgan fingerprint density at radius 1 is 1.40 bits per heavy atom. The summed E-state index contributed by atoms with van der Waals surface area (Å²) < 4.78 is 0. The van der Waals surface area contributed by atoms with Crippen LogP contribution in [0.15, 0.2) is 42.6 Å². The number of rotatable bonds is 4. The van der Waals surface area contributed by atoms with Gasteiger partial charge in [0.2, 0.25) is 0 Å². The maximum Gasteiger partial charge on any atom is 0.317 e. The highest BCUT2D eigenvalue weighted by molar-refractivity contribution is 6.30. The predicted octanol–water partition coefficient (Wildman–Crippen LogP) is 2.94. The van der Waals surface area contributed by atoms with Crippen molar-refractivity contribution in [2.24, 2.45) is 0 Å². The molecule has 2 heterocycles. The predicted molar refractivity (Wildman–Crippen MR) is 98.7 cm³/mol. The molecule has 25 heavy (non-hydrogen) atoms. The van der Waals surface area contributed by atoms with E-state index in [4.69, 9.17) is 11.6 Å². The molecule has 1 aliphatic heterocycles. The van der Waals surface area contributed by atoms with Crippen molar-refractivity contribution in [3.63, 3.8) is 0 Å². The van der Waals surface area contributed by atoms with Gasteiger partial charge in [-0.15, -0.1) is 5.10 Å². The summed E-state index contributed by atoms with van der Waals surface area (Å²) in [6.45, 7) is 2.16. The highest BCUT2D eigenvalue weighted by atomic mass is 35.5. The van der Waals surface area contributed by atoms with Crippen molar-refractivity contribution in [1.82, 2.24) is 20.4 Å². The smallest absolute Gasteiger partial charge is 0.317 e. The van der Waals surface area contributed by atoms with E-state index in [-0.39, 0.29) is 12.1 Å². The number of halogens is 1. The summed E-state index contributed by atoms with van der Waals surface area (Å²) in [5.41, 5.74) is 0.985. The largest absolute Gasteiger partial charge is 0.353 e. The molecule has 0 saturated carbocycles. The molecule has 1 N–H and O–H groups in total. The molecule has 1 atom stereocenters. The Morgan fingerprint density at radius 3 is 3.04 bits per heavy atom. The van der Waals surface area contributed by atoms with Crippen molar-refractivity contribution in [3.05, 3.63) is 53.2 Å². The van der Waals surface area contributed by atoms with Gasteiger partial charge in [0.15, 0.2) is 5.82 Å². The first-order valence-electron chi connectivity index (χ1n) is 8.41. The van der Waals surface area contributed by atoms with Crippen LogP contribution >= 0.6 is 11.6 Å². The van der Waals surface area contributed by atoms with Crippen LogP contribution in [0.3, 0.4) is 0 Å². The van der Waals surface area contributed by atoms with Crippen LogP contribution in [0.25, 0.3) is 0 Å². The number of urea groups is 1. The third-order valence-corrected chi connectivity index (χ3v) is 4.71. The maximum atomic E-state index is 12.5. The molecule has 0 bridgehead atoms. The van der Waals surface area contributed by atoms with E-state index in [2.05, 4.69) is 20.4 Å². The number of aromatic nitrogens is 2. The van der Waals surface area contributed by atoms with E-state index in [0.29, 0.717) is 11.6 Å². The minimum atomic E-state index is -0.0778. The molecular weight excluding hydrogens is 338 g/mol. The lowest BCUT2D eigenvalue weighted by atomic mass is 10.0. The second-order valence-electron chi connectivity index (χ2n) is 6.22. The zero-order valence-electron chi connectivity index (χ0n) is 14.2. The Bertz CT molecular complexity index is 712. The molecule has 2 amide bonds. The molecule has 1 aromatic carbocycles. The number of nitrogens with zero attached hydrogens (tertiary/aromatic N) is 4. The number of carbonyl (C=O) groups is 1. The van der Waals surface area contributed by atoms with E-state index in [1.165, 1.54) is 0 Å². The number of amides is 2. The third-order valence-electron chi connectivity index (χ3n) is 4.48. The standard InChI is InChI=1S/C18H22ClN5O/c1-23(18(25)20-12-14-5-2-6-15(19)11-14)16-7-4-10-24(13-16)17-8-3-9-21-22-17/h2-3,5-6,8-9,11,16H,4,7,10,12-13H2,1H3,(H,20,25)/t16-/m1/s1. The van der Waals surface area contributed by atoms with Crippen molar-refractivity contribution in [2.45, 2.75) is 25.4 Å². The summed E-state index contributed by atoms with van der Waals surface area (Å²) >= 11 is 5.98. The monoisotopic (exact) mass is 359 g/mol. The summed E-state index contributed by atoms with van der Waals surface area (Å²) in [5.74, 6) is 0.861. The summed E-state index contributed by atoms with van der Waals surface area (Å²) in [5, 5.41) is 11.7. The van der Waals surface area contributed by atoms with Gasteiger partial charge in [0, 0.05) is 37.9 Å². The lowest BCUT2D eigenvalue weighted by Crippen LogP contribution is -2.51. The number of anilines is 1. The molecule has 2 aromatic rings. The van der Waals surface area contributed by atoms with Crippen LogP contribution in [-0.4, -0.2) is 47.3 Å². The summed E-state index contributed by atoms with van der Waals surface area (Å²) in [4.78, 5) is 16.4. The first-order valence-corrected chi connectivity index (χ1v) is 8.79. The van der Waals surface area contributed by atoms with E-state index in [1.807, 2.05) is 43.4 Å². The van der Waals surface area contributed by atoms with Gasteiger partial charge in [-0.1, -0.05) is 23.7 Å². The Balaban J connectivity index is 1.56. The molecule has 1 fully saturated rings. The average Bonchev–Trinajstić information content (AvgIpc) is 2.66. The van der Waals surface area contributed by atoms with Crippen LogP contribution in [0, 0.1) is 0 Å². The van der Waals surface area contributed by atoms with Crippen molar-refractivity contribution in [1.29, 1.82) is 0 Å². The van der Waals surface area contributed by atoms with Crippen molar-refractivity contribution in [3.8, 4) is 0 Å². The van der Waals surface area contributed by atoms with Crippen LogP contribution in [0.1, 0.15) is 18.4 Å². The molecule has 132 valence electrons. The van der Waals surface area contributed by atoms with Crippen LogP contribution < -0.4 is 10.2 Å². The second kappa shape index (κ2) is 8.16. The minimum absolute atomic E-state index is 0.0778. The summed E-state index contributed by atoms with van der Waals surface area (Å²) in [6, 6.07) is 11.4. The number of likely N-dealkylation sites (N-methyl/N-ethyl adjacent to an activating group) is 1. The van der Waals surface area contributed by atoms with E-state index >= 15 is 0 Å². The van der Waals surface area contributed by atoms with Crippen LogP contribution in [0.2, 0.25) is 5.02 Å². The number of hydrogen-bond donors (Lipinski definition) is 1. The minimum Gasteiger partial charge on any atom is -0.353 e. The normalized spacial score (nSPS) is 17.2. The third kappa shape index (κ3) is 4.60. The van der Waals surface area contributed by atoms with E-state index < -0.39 is 0 Å². The lowest BCUT2D eigenvalue weighted by molar-refractivity contribution is 0.182. The van der Waals surface area contributed by atoms with Crippen LogP contribution in [0.5, 0.6) is 0 Å². The molecule has 0 aliphatic carbocycles. The highest BCUT2D eigenvalue weighted by Gasteiger charge is 2.26. The van der Waals surface area contributed by atoms with Crippen molar-refractivity contribution < 1.29 is 4.79 Å². The van der Waals surface area contributed by atoms with Crippen molar-refractivity contribution in [2.75, 3.05) is 25.0 Å². The molecule has 3 rings (SSSR count). The summed E-state index contributed by atoms with van der Waals surface area (Å²) in [7, 11) is 1.85. The molecule has 1 aliphatic rings. The van der Waals surface area contributed by atoms with Gasteiger partial charge in [0.1, 0.15) is 0 Å². The molecule has 1 saturated heterocycles. The number of nitrogens with one attached hydrogen (secondary N) is 1. The van der Waals surface area contributed by atoms with E-state index in [0.717, 1.165) is 37.3 Å². The quantitative estimate of drug-likeness (QED) is 0.911. The Morgan fingerprint density at radius 2 is 2.28 bits per heavy atom. The molecule has 0 unspecified atom stereocenters. The summed E-state index contributed by atoms with van der Waals surface area (Å²) in [6.07, 6.45) is 3.67. The fourth-order valence-corrected chi connectivity index (χ4v) is 3.27. The molecular formula is C18H22ClN5O. The highest BCUT2D eigenvalue weighted by Crippen LogP contribution is 2.19. The van der Waals surface area contributed by atoms with E-state index in [1.54, 1.807) is 11.1 Å². The number of carbonyl (C=O) groups excluding carboxylic acids is 1. The maximum absolute atomic E-state index is 12.5. The first-order chi connectivity index (χ1) is 12.1. The Kier molecular flexibility index (Phi) is 5.71. The zero-order chi connectivity index (χ0) is 17.6. The zero-order valence-corrected chi connectivity index (χ0v) is 15.0. The van der Waals surface area contributed by atoms with Gasteiger partial charge < -0.3 is 15.1 Å². The van der Waals surface area contributed by atoms with Gasteiger partial charge >= 0.3 is 6.03 Å². The molecule has 0 spiro atoms. The number of piperidine rings is 1. The van der Waals surface area contributed by atoms with Gasteiger partial charge in [0.25, 0.3) is 0 Å². The fraction of sp³-hybridized carbons (Fsp3) is 0.389. The topological polar surface area (TPSA) is 61.4 Å². The lowest BCUT2D eigenvalue weighted by Gasteiger charge is -2.37. The van der Waals surface area contributed by atoms with Gasteiger partial charge in [-0.2, -0.15) is 5.10 Å². The van der Waals surface area contributed by atoms with Crippen LogP contribution in [-0.2, 0) is 6.54 Å². The first kappa shape index (κ1) is 17.5. The van der Waals surface area contributed by atoms with Gasteiger partial charge in [-0.05, 0) is 42.7 Å². The molecule has 6 nitrogen and oxygen atoms in total. The Labute approximate surface area is 152 Å². The van der Waals surface area contributed by atoms with Crippen LogP contribution in [0.4, 0.5) is 10.6 Å².